The summed E-state index contributed by atoms with van der Waals surface area (Å²) in [5, 5.41) is 3.95. The molecule has 31 heavy (non-hydrogen) atoms. The fourth-order valence-corrected chi connectivity index (χ4v) is 4.02. The molecule has 0 radical (unpaired) electrons. The molecular weight excluding hydrogens is 414 g/mol. The summed E-state index contributed by atoms with van der Waals surface area (Å²) in [5.41, 5.74) is 4.76. The molecule has 0 atom stereocenters. The first-order chi connectivity index (χ1) is 15.2. The number of benzene rings is 2. The van der Waals surface area contributed by atoms with Crippen molar-refractivity contribution in [1.29, 1.82) is 0 Å². The van der Waals surface area contributed by atoms with Crippen LogP contribution in [0.2, 0.25) is 5.02 Å². The Balaban J connectivity index is 1.42. The largest absolute Gasteiger partial charge is 0.495 e. The molecule has 2 aromatic heterocycles. The van der Waals surface area contributed by atoms with Gasteiger partial charge in [-0.05, 0) is 42.5 Å². The molecule has 5 rings (SSSR count). The number of halogens is 1. The molecule has 158 valence electrons. The lowest BCUT2D eigenvalue weighted by molar-refractivity contribution is 0.122. The van der Waals surface area contributed by atoms with E-state index in [4.69, 9.17) is 21.1 Å². The van der Waals surface area contributed by atoms with Crippen LogP contribution in [-0.2, 0) is 4.74 Å². The highest BCUT2D eigenvalue weighted by atomic mass is 35.5. The summed E-state index contributed by atoms with van der Waals surface area (Å²) in [7, 11) is 1.60. The van der Waals surface area contributed by atoms with Gasteiger partial charge in [-0.1, -0.05) is 11.6 Å². The summed E-state index contributed by atoms with van der Waals surface area (Å²) in [5.74, 6) is 1.33. The highest BCUT2D eigenvalue weighted by molar-refractivity contribution is 6.32. The van der Waals surface area contributed by atoms with Crippen molar-refractivity contribution in [3.63, 3.8) is 0 Å². The minimum Gasteiger partial charge on any atom is -0.495 e. The van der Waals surface area contributed by atoms with Gasteiger partial charge in [0, 0.05) is 42.4 Å². The van der Waals surface area contributed by atoms with Crippen LogP contribution in [-0.4, -0.2) is 47.8 Å². The molecule has 2 aromatic carbocycles. The van der Waals surface area contributed by atoms with E-state index in [2.05, 4.69) is 44.5 Å². The highest BCUT2D eigenvalue weighted by Gasteiger charge is 2.13. The number of morpholine rings is 1. The van der Waals surface area contributed by atoms with Gasteiger partial charge in [-0.2, -0.15) is 0 Å². The van der Waals surface area contributed by atoms with Crippen molar-refractivity contribution in [3.05, 3.63) is 66.1 Å². The molecule has 1 saturated heterocycles. The molecule has 4 aromatic rings. The van der Waals surface area contributed by atoms with Crippen LogP contribution < -0.4 is 15.0 Å². The molecule has 0 unspecified atom stereocenters. The molecule has 0 bridgehead atoms. The van der Waals surface area contributed by atoms with Gasteiger partial charge in [-0.15, -0.1) is 0 Å². The lowest BCUT2D eigenvalue weighted by Crippen LogP contribution is -2.36. The summed E-state index contributed by atoms with van der Waals surface area (Å²) < 4.78 is 12.7. The Kier molecular flexibility index (Phi) is 5.36. The quantitative estimate of drug-likeness (QED) is 0.492. The van der Waals surface area contributed by atoms with Crippen molar-refractivity contribution in [2.75, 3.05) is 43.6 Å². The van der Waals surface area contributed by atoms with Gasteiger partial charge in [0.25, 0.3) is 0 Å². The van der Waals surface area contributed by atoms with Gasteiger partial charge in [0.2, 0.25) is 0 Å². The van der Waals surface area contributed by atoms with E-state index >= 15 is 0 Å². The van der Waals surface area contributed by atoms with E-state index in [9.17, 15) is 0 Å². The summed E-state index contributed by atoms with van der Waals surface area (Å²) in [6.07, 6.45) is 5.47. The number of methoxy groups -OCH3 is 1. The molecule has 1 aliphatic heterocycles. The van der Waals surface area contributed by atoms with Crippen molar-refractivity contribution >= 4 is 34.4 Å². The first-order valence-corrected chi connectivity index (χ1v) is 10.5. The van der Waals surface area contributed by atoms with Crippen LogP contribution in [0.15, 0.2) is 61.1 Å². The first kappa shape index (κ1) is 19.7. The maximum atomic E-state index is 6.32. The van der Waals surface area contributed by atoms with Crippen molar-refractivity contribution in [1.82, 2.24) is 14.4 Å². The zero-order chi connectivity index (χ0) is 21.2. The average molecular weight is 436 g/mol. The molecule has 0 aliphatic carbocycles. The number of rotatable bonds is 5. The molecule has 7 nitrogen and oxygen atoms in total. The maximum absolute atomic E-state index is 6.32. The minimum absolute atomic E-state index is 0.558. The summed E-state index contributed by atoms with van der Waals surface area (Å²) >= 11 is 6.32. The number of nitrogens with one attached hydrogen (secondary N) is 1. The van der Waals surface area contributed by atoms with Crippen LogP contribution in [0.5, 0.6) is 5.75 Å². The molecule has 1 fully saturated rings. The van der Waals surface area contributed by atoms with Crippen molar-refractivity contribution in [3.8, 4) is 17.0 Å². The molecule has 8 heteroatoms. The van der Waals surface area contributed by atoms with Crippen LogP contribution in [0, 0.1) is 0 Å². The minimum atomic E-state index is 0.558. The number of fused-ring (bicyclic) bond motifs is 1. The van der Waals surface area contributed by atoms with Crippen LogP contribution in [0.25, 0.3) is 16.9 Å². The predicted octanol–water partition coefficient (Wildman–Crippen LogP) is 4.64. The SMILES string of the molecule is COc1ccc(-c2cnc3c(Nc4ccc(N5CCOCC5)cc4)nccn23)cc1Cl. The topological polar surface area (TPSA) is 63.9 Å². The van der Waals surface area contributed by atoms with Gasteiger partial charge in [-0.3, -0.25) is 4.40 Å². The smallest absolute Gasteiger partial charge is 0.180 e. The number of imidazole rings is 1. The van der Waals surface area contributed by atoms with Gasteiger partial charge in [0.1, 0.15) is 5.75 Å². The van der Waals surface area contributed by atoms with Crippen LogP contribution >= 0.6 is 11.6 Å². The lowest BCUT2D eigenvalue weighted by Gasteiger charge is -2.28. The number of ether oxygens (including phenoxy) is 2. The Labute approximate surface area is 185 Å². The van der Waals surface area contributed by atoms with E-state index in [1.807, 2.05) is 35.0 Å². The second kappa shape index (κ2) is 8.45. The molecule has 0 spiro atoms. The standard InChI is InChI=1S/C23H22ClN5O2/c1-30-21-7-2-16(14-19(21)24)20-15-26-23-22(25-8-9-29(20)23)27-17-3-5-18(6-4-17)28-10-12-31-13-11-28/h2-9,14-15H,10-13H2,1H3,(H,25,27). The number of hydrogen-bond donors (Lipinski definition) is 1. The van der Waals surface area contributed by atoms with Crippen molar-refractivity contribution in [2.24, 2.45) is 0 Å². The zero-order valence-electron chi connectivity index (χ0n) is 17.1. The Morgan fingerprint density at radius 1 is 1.06 bits per heavy atom. The monoisotopic (exact) mass is 435 g/mol. The predicted molar refractivity (Wildman–Crippen MR) is 123 cm³/mol. The van der Waals surface area contributed by atoms with Crippen LogP contribution in [0.3, 0.4) is 0 Å². The highest BCUT2D eigenvalue weighted by Crippen LogP contribution is 2.31. The second-order valence-corrected chi connectivity index (χ2v) is 7.64. The average Bonchev–Trinajstić information content (AvgIpc) is 3.25. The van der Waals surface area contributed by atoms with Crippen molar-refractivity contribution in [2.45, 2.75) is 0 Å². The molecule has 3 heterocycles. The third-order valence-corrected chi connectivity index (χ3v) is 5.68. The van der Waals surface area contributed by atoms with E-state index in [1.165, 1.54) is 5.69 Å². The van der Waals surface area contributed by atoms with Gasteiger partial charge in [0.15, 0.2) is 11.5 Å². The van der Waals surface area contributed by atoms with Gasteiger partial charge >= 0.3 is 0 Å². The number of hydrogen-bond acceptors (Lipinski definition) is 6. The third-order valence-electron chi connectivity index (χ3n) is 5.38. The van der Waals surface area contributed by atoms with Crippen molar-refractivity contribution < 1.29 is 9.47 Å². The normalized spacial score (nSPS) is 14.1. The van der Waals surface area contributed by atoms with Crippen LogP contribution in [0.4, 0.5) is 17.2 Å². The lowest BCUT2D eigenvalue weighted by atomic mass is 10.1. The van der Waals surface area contributed by atoms with Gasteiger partial charge < -0.3 is 19.7 Å². The summed E-state index contributed by atoms with van der Waals surface area (Å²) in [4.78, 5) is 11.4. The molecule has 1 N–H and O–H groups in total. The number of aromatic nitrogens is 3. The maximum Gasteiger partial charge on any atom is 0.180 e. The Morgan fingerprint density at radius 3 is 2.61 bits per heavy atom. The second-order valence-electron chi connectivity index (χ2n) is 7.23. The zero-order valence-corrected chi connectivity index (χ0v) is 17.8. The van der Waals surface area contributed by atoms with E-state index in [0.717, 1.165) is 48.9 Å². The number of nitrogens with zero attached hydrogens (tertiary/aromatic N) is 4. The van der Waals surface area contributed by atoms with E-state index in [-0.39, 0.29) is 0 Å². The number of anilines is 3. The Morgan fingerprint density at radius 2 is 1.87 bits per heavy atom. The first-order valence-electron chi connectivity index (χ1n) is 10.1. The Hall–Kier alpha value is -3.29. The van der Waals surface area contributed by atoms with E-state index < -0.39 is 0 Å². The Bertz CT molecular complexity index is 1200. The fraction of sp³-hybridized carbons (Fsp3) is 0.217. The molecule has 0 amide bonds. The van der Waals surface area contributed by atoms with E-state index in [0.29, 0.717) is 16.6 Å². The molecule has 1 aliphatic rings. The summed E-state index contributed by atoms with van der Waals surface area (Å²) in [6, 6.07) is 14.0. The van der Waals surface area contributed by atoms with Gasteiger partial charge in [-0.25, -0.2) is 9.97 Å². The van der Waals surface area contributed by atoms with Gasteiger partial charge in [0.05, 0.1) is 37.2 Å². The summed E-state index contributed by atoms with van der Waals surface area (Å²) in [6.45, 7) is 3.38. The third kappa shape index (κ3) is 3.89. The van der Waals surface area contributed by atoms with E-state index in [1.54, 1.807) is 13.3 Å². The fourth-order valence-electron chi connectivity index (χ4n) is 3.76. The molecule has 0 saturated carbocycles. The molecular formula is C23H22ClN5O2. The van der Waals surface area contributed by atoms with Crippen LogP contribution in [0.1, 0.15) is 0 Å².